The molecule has 152 valence electrons. The second kappa shape index (κ2) is 7.55. The molecule has 0 N–H and O–H groups in total. The molecule has 2 heterocycles. The Hall–Kier alpha value is -2.80. The monoisotopic (exact) mass is 412 g/mol. The van der Waals surface area contributed by atoms with E-state index in [2.05, 4.69) is 9.88 Å². The van der Waals surface area contributed by atoms with Crippen LogP contribution < -0.4 is 14.4 Å². The lowest BCUT2D eigenvalue weighted by atomic mass is 10.1. The van der Waals surface area contributed by atoms with Crippen molar-refractivity contribution in [3.05, 3.63) is 48.2 Å². The number of hydrogen-bond acceptors (Lipinski definition) is 6. The third-order valence-corrected chi connectivity index (χ3v) is 7.12. The fourth-order valence-electron chi connectivity index (χ4n) is 3.79. The lowest BCUT2D eigenvalue weighted by Gasteiger charge is -2.24. The summed E-state index contributed by atoms with van der Waals surface area (Å²) >= 11 is 0. The molecule has 1 fully saturated rings. The van der Waals surface area contributed by atoms with Gasteiger partial charge in [0.05, 0.1) is 30.3 Å². The Kier molecular flexibility index (Phi) is 5.08. The van der Waals surface area contributed by atoms with Gasteiger partial charge in [0.25, 0.3) is 0 Å². The van der Waals surface area contributed by atoms with Crippen molar-refractivity contribution in [1.82, 2.24) is 4.98 Å². The standard InChI is InChI=1S/C22H24N2O4S/c1-15-6-8-16(9-7-15)29(25,26)21-14-23-18-13-20(28-3)19(27-2)12-17(18)22(21)24-10-4-5-11-24/h6-9,12-14H,4-5,10-11H2,1-3H3. The van der Waals surface area contributed by atoms with E-state index < -0.39 is 9.84 Å². The average molecular weight is 413 g/mol. The van der Waals surface area contributed by atoms with Crippen LogP contribution in [0.15, 0.2) is 52.4 Å². The van der Waals surface area contributed by atoms with Gasteiger partial charge in [0.15, 0.2) is 11.5 Å². The number of benzene rings is 2. The first-order valence-electron chi connectivity index (χ1n) is 9.57. The van der Waals surface area contributed by atoms with E-state index in [1.54, 1.807) is 32.4 Å². The maximum absolute atomic E-state index is 13.5. The maximum atomic E-state index is 13.5. The van der Waals surface area contributed by atoms with Crippen LogP contribution in [-0.4, -0.2) is 40.7 Å². The van der Waals surface area contributed by atoms with Crippen LogP contribution in [-0.2, 0) is 9.84 Å². The molecule has 0 unspecified atom stereocenters. The van der Waals surface area contributed by atoms with Crippen LogP contribution in [0, 0.1) is 6.92 Å². The summed E-state index contributed by atoms with van der Waals surface area (Å²) in [6, 6.07) is 10.5. The molecular formula is C22H24N2O4S. The fourth-order valence-corrected chi connectivity index (χ4v) is 5.23. The fraction of sp³-hybridized carbons (Fsp3) is 0.318. The van der Waals surface area contributed by atoms with Crippen molar-refractivity contribution in [2.24, 2.45) is 0 Å². The molecule has 1 aliphatic heterocycles. The zero-order valence-corrected chi connectivity index (χ0v) is 17.6. The molecule has 29 heavy (non-hydrogen) atoms. The molecule has 7 heteroatoms. The minimum Gasteiger partial charge on any atom is -0.493 e. The first kappa shape index (κ1) is 19.5. The van der Waals surface area contributed by atoms with Crippen LogP contribution in [0.5, 0.6) is 11.5 Å². The molecule has 0 atom stereocenters. The number of hydrogen-bond donors (Lipinski definition) is 0. The van der Waals surface area contributed by atoms with Gasteiger partial charge in [-0.2, -0.15) is 0 Å². The number of sulfone groups is 1. The van der Waals surface area contributed by atoms with Gasteiger partial charge in [-0.1, -0.05) is 17.7 Å². The van der Waals surface area contributed by atoms with Gasteiger partial charge >= 0.3 is 0 Å². The maximum Gasteiger partial charge on any atom is 0.210 e. The Morgan fingerprint density at radius 2 is 1.59 bits per heavy atom. The topological polar surface area (TPSA) is 68.7 Å². The van der Waals surface area contributed by atoms with E-state index in [1.165, 1.54) is 6.20 Å². The molecule has 0 aliphatic carbocycles. The molecule has 4 rings (SSSR count). The predicted octanol–water partition coefficient (Wildman–Crippen LogP) is 3.99. The van der Waals surface area contributed by atoms with E-state index >= 15 is 0 Å². The van der Waals surface area contributed by atoms with E-state index in [9.17, 15) is 8.42 Å². The van der Waals surface area contributed by atoms with Gasteiger partial charge in [-0.3, -0.25) is 4.98 Å². The minimum absolute atomic E-state index is 0.225. The van der Waals surface area contributed by atoms with Gasteiger partial charge in [-0.15, -0.1) is 0 Å². The number of aryl methyl sites for hydroxylation is 1. The normalized spacial score (nSPS) is 14.4. The SMILES string of the molecule is COc1cc2ncc(S(=O)(=O)c3ccc(C)cc3)c(N3CCCC3)c2cc1OC. The largest absolute Gasteiger partial charge is 0.493 e. The number of nitrogens with zero attached hydrogens (tertiary/aromatic N) is 2. The van der Waals surface area contributed by atoms with E-state index in [0.29, 0.717) is 22.7 Å². The number of pyridine rings is 1. The third-order valence-electron chi connectivity index (χ3n) is 5.35. The summed E-state index contributed by atoms with van der Waals surface area (Å²) in [5, 5.41) is 0.748. The Labute approximate surface area is 171 Å². The van der Waals surface area contributed by atoms with Crippen LogP contribution in [0.25, 0.3) is 10.9 Å². The molecule has 0 amide bonds. The summed E-state index contributed by atoms with van der Waals surface area (Å²) in [4.78, 5) is 7.09. The smallest absolute Gasteiger partial charge is 0.210 e. The Morgan fingerprint density at radius 1 is 0.966 bits per heavy atom. The zero-order chi connectivity index (χ0) is 20.6. The van der Waals surface area contributed by atoms with Gasteiger partial charge < -0.3 is 14.4 Å². The molecule has 6 nitrogen and oxygen atoms in total. The molecule has 3 aromatic rings. The molecule has 0 spiro atoms. The van der Waals surface area contributed by atoms with Gasteiger partial charge in [-0.25, -0.2) is 8.42 Å². The predicted molar refractivity (Wildman–Crippen MR) is 113 cm³/mol. The first-order chi connectivity index (χ1) is 14.0. The number of rotatable bonds is 5. The lowest BCUT2D eigenvalue weighted by molar-refractivity contribution is 0.356. The summed E-state index contributed by atoms with van der Waals surface area (Å²) < 4.78 is 37.9. The van der Waals surface area contributed by atoms with Crippen molar-refractivity contribution in [2.75, 3.05) is 32.2 Å². The highest BCUT2D eigenvalue weighted by atomic mass is 32.2. The van der Waals surface area contributed by atoms with Crippen LogP contribution >= 0.6 is 0 Å². The van der Waals surface area contributed by atoms with Crippen LogP contribution in [0.1, 0.15) is 18.4 Å². The van der Waals surface area contributed by atoms with Crippen molar-refractivity contribution < 1.29 is 17.9 Å². The average Bonchev–Trinajstić information content (AvgIpc) is 3.26. The van der Waals surface area contributed by atoms with Crippen molar-refractivity contribution in [2.45, 2.75) is 29.6 Å². The second-order valence-corrected chi connectivity index (χ2v) is 9.12. The number of aromatic nitrogens is 1. The van der Waals surface area contributed by atoms with E-state index in [1.807, 2.05) is 25.1 Å². The van der Waals surface area contributed by atoms with Crippen molar-refractivity contribution in [3.8, 4) is 11.5 Å². The van der Waals surface area contributed by atoms with E-state index in [-0.39, 0.29) is 9.79 Å². The molecular weight excluding hydrogens is 388 g/mol. The minimum atomic E-state index is -3.73. The molecule has 1 saturated heterocycles. The van der Waals surface area contributed by atoms with Gasteiger partial charge in [-0.05, 0) is 38.0 Å². The molecule has 1 aliphatic rings. The molecule has 0 saturated carbocycles. The highest BCUT2D eigenvalue weighted by Crippen LogP contribution is 2.41. The van der Waals surface area contributed by atoms with Crippen molar-refractivity contribution in [3.63, 3.8) is 0 Å². The highest BCUT2D eigenvalue weighted by Gasteiger charge is 2.28. The molecule has 2 aromatic carbocycles. The quantitative estimate of drug-likeness (QED) is 0.631. The number of fused-ring (bicyclic) bond motifs is 1. The van der Waals surface area contributed by atoms with Crippen LogP contribution in [0.2, 0.25) is 0 Å². The second-order valence-electron chi connectivity index (χ2n) is 7.21. The lowest BCUT2D eigenvalue weighted by Crippen LogP contribution is -2.21. The highest BCUT2D eigenvalue weighted by molar-refractivity contribution is 7.91. The van der Waals surface area contributed by atoms with Gasteiger partial charge in [0.2, 0.25) is 9.84 Å². The molecule has 1 aromatic heterocycles. The number of anilines is 1. The molecule has 0 radical (unpaired) electrons. The number of methoxy groups -OCH3 is 2. The number of ether oxygens (including phenoxy) is 2. The van der Waals surface area contributed by atoms with Crippen LogP contribution in [0.4, 0.5) is 5.69 Å². The van der Waals surface area contributed by atoms with Gasteiger partial charge in [0, 0.05) is 30.7 Å². The Bertz CT molecular complexity index is 1150. The van der Waals surface area contributed by atoms with Crippen molar-refractivity contribution in [1.29, 1.82) is 0 Å². The first-order valence-corrected chi connectivity index (χ1v) is 11.1. The Morgan fingerprint density at radius 3 is 2.21 bits per heavy atom. The van der Waals surface area contributed by atoms with Crippen molar-refractivity contribution >= 4 is 26.4 Å². The molecule has 0 bridgehead atoms. The van der Waals surface area contributed by atoms with E-state index in [0.717, 1.165) is 36.9 Å². The van der Waals surface area contributed by atoms with E-state index in [4.69, 9.17) is 9.47 Å². The van der Waals surface area contributed by atoms with Crippen LogP contribution in [0.3, 0.4) is 0 Å². The third kappa shape index (κ3) is 3.40. The summed E-state index contributed by atoms with van der Waals surface area (Å²) in [5.41, 5.74) is 2.37. The zero-order valence-electron chi connectivity index (χ0n) is 16.8. The summed E-state index contributed by atoms with van der Waals surface area (Å²) in [5.74, 6) is 1.11. The Balaban J connectivity index is 2.00. The summed E-state index contributed by atoms with van der Waals surface area (Å²) in [7, 11) is -0.587. The van der Waals surface area contributed by atoms with Gasteiger partial charge in [0.1, 0.15) is 4.90 Å². The summed E-state index contributed by atoms with van der Waals surface area (Å²) in [6.45, 7) is 3.55. The summed E-state index contributed by atoms with van der Waals surface area (Å²) in [6.07, 6.45) is 3.53.